The lowest BCUT2D eigenvalue weighted by molar-refractivity contribution is -0.136. The standard InChI is InChI=1S/C25H31N3O3S/c1-21-11-13-23(14-12-21)32(30,31)28-16-6-10-24(28)25(29)27-19-17-26(18-20-27)15-5-9-22-7-3-2-4-8-22/h2-5,7-9,11-14,24H,6,10,15-20H2,1H3/b9-5+/t24-/m0/s1. The molecule has 2 aliphatic heterocycles. The molecule has 0 N–H and O–H groups in total. The maximum atomic E-state index is 13.2. The first-order valence-corrected chi connectivity index (χ1v) is 12.7. The molecule has 2 fully saturated rings. The highest BCUT2D eigenvalue weighted by Gasteiger charge is 2.41. The zero-order valence-corrected chi connectivity index (χ0v) is 19.4. The number of sulfonamides is 1. The summed E-state index contributed by atoms with van der Waals surface area (Å²) < 4.78 is 27.8. The predicted octanol–water partition coefficient (Wildman–Crippen LogP) is 3.01. The van der Waals surface area contributed by atoms with Gasteiger partial charge in [0.2, 0.25) is 15.9 Å². The number of hydrogen-bond donors (Lipinski definition) is 0. The van der Waals surface area contributed by atoms with E-state index >= 15 is 0 Å². The zero-order chi connectivity index (χ0) is 22.6. The summed E-state index contributed by atoms with van der Waals surface area (Å²) in [6, 6.07) is 16.5. The maximum absolute atomic E-state index is 13.2. The number of rotatable bonds is 6. The van der Waals surface area contributed by atoms with E-state index in [-0.39, 0.29) is 10.8 Å². The molecule has 170 valence electrons. The van der Waals surface area contributed by atoms with E-state index in [1.54, 1.807) is 24.3 Å². The molecule has 6 nitrogen and oxygen atoms in total. The minimum absolute atomic E-state index is 0.0577. The van der Waals surface area contributed by atoms with Crippen molar-refractivity contribution in [3.63, 3.8) is 0 Å². The fraction of sp³-hybridized carbons (Fsp3) is 0.400. The first kappa shape index (κ1) is 22.7. The summed E-state index contributed by atoms with van der Waals surface area (Å²) in [6.45, 7) is 6.02. The van der Waals surface area contributed by atoms with Crippen LogP contribution in [-0.2, 0) is 14.8 Å². The Bertz CT molecular complexity index is 1040. The lowest BCUT2D eigenvalue weighted by atomic mass is 10.2. The van der Waals surface area contributed by atoms with Crippen LogP contribution in [0.1, 0.15) is 24.0 Å². The summed E-state index contributed by atoms with van der Waals surface area (Å²) in [4.78, 5) is 17.7. The number of hydrogen-bond acceptors (Lipinski definition) is 4. The van der Waals surface area contributed by atoms with Gasteiger partial charge in [0.05, 0.1) is 4.90 Å². The third-order valence-corrected chi connectivity index (χ3v) is 8.20. The first-order valence-electron chi connectivity index (χ1n) is 11.3. The number of carbonyl (C=O) groups excluding carboxylic acids is 1. The van der Waals surface area contributed by atoms with Gasteiger partial charge in [-0.2, -0.15) is 4.31 Å². The topological polar surface area (TPSA) is 60.9 Å². The molecule has 2 aliphatic rings. The van der Waals surface area contributed by atoms with Gasteiger partial charge in [0, 0.05) is 39.3 Å². The van der Waals surface area contributed by atoms with Crippen LogP contribution in [0.4, 0.5) is 0 Å². The molecule has 0 radical (unpaired) electrons. The highest BCUT2D eigenvalue weighted by Crippen LogP contribution is 2.27. The van der Waals surface area contributed by atoms with Crippen LogP contribution in [0.3, 0.4) is 0 Å². The van der Waals surface area contributed by atoms with Gasteiger partial charge in [-0.15, -0.1) is 0 Å². The van der Waals surface area contributed by atoms with Gasteiger partial charge in [0.1, 0.15) is 6.04 Å². The predicted molar refractivity (Wildman–Crippen MR) is 127 cm³/mol. The third kappa shape index (κ3) is 5.11. The molecule has 7 heteroatoms. The monoisotopic (exact) mass is 453 g/mol. The molecule has 2 aromatic carbocycles. The molecule has 0 unspecified atom stereocenters. The average molecular weight is 454 g/mol. The van der Waals surface area contributed by atoms with Crippen molar-refractivity contribution in [1.82, 2.24) is 14.1 Å². The fourth-order valence-corrected chi connectivity index (χ4v) is 6.03. The number of benzene rings is 2. The molecule has 1 atom stereocenters. The Morgan fingerprint density at radius 1 is 0.969 bits per heavy atom. The molecule has 0 bridgehead atoms. The molecular weight excluding hydrogens is 422 g/mol. The molecule has 32 heavy (non-hydrogen) atoms. The van der Waals surface area contributed by atoms with Crippen LogP contribution in [0.5, 0.6) is 0 Å². The quantitative estimate of drug-likeness (QED) is 0.675. The number of amides is 1. The summed E-state index contributed by atoms with van der Waals surface area (Å²) in [5, 5.41) is 0. The minimum atomic E-state index is -3.67. The van der Waals surface area contributed by atoms with E-state index in [2.05, 4.69) is 29.2 Å². The van der Waals surface area contributed by atoms with E-state index in [9.17, 15) is 13.2 Å². The van der Waals surface area contributed by atoms with E-state index in [0.29, 0.717) is 32.5 Å². The van der Waals surface area contributed by atoms with Gasteiger partial charge in [-0.05, 0) is 37.5 Å². The Kier molecular flexibility index (Phi) is 7.08. The van der Waals surface area contributed by atoms with Crippen molar-refractivity contribution in [1.29, 1.82) is 0 Å². The SMILES string of the molecule is Cc1ccc(S(=O)(=O)N2CCC[C@H]2C(=O)N2CCN(C/C=C/c3ccccc3)CC2)cc1. The summed E-state index contributed by atoms with van der Waals surface area (Å²) in [7, 11) is -3.67. The van der Waals surface area contributed by atoms with Gasteiger partial charge in [0.15, 0.2) is 0 Å². The van der Waals surface area contributed by atoms with Gasteiger partial charge in [-0.25, -0.2) is 8.42 Å². The second-order valence-corrected chi connectivity index (χ2v) is 10.4. The molecule has 2 heterocycles. The van der Waals surface area contributed by atoms with Crippen LogP contribution in [0.25, 0.3) is 6.08 Å². The van der Waals surface area contributed by atoms with Crippen LogP contribution in [-0.4, -0.2) is 73.7 Å². The second-order valence-electron chi connectivity index (χ2n) is 8.53. The maximum Gasteiger partial charge on any atom is 0.243 e. The number of nitrogens with zero attached hydrogens (tertiary/aromatic N) is 3. The smallest absolute Gasteiger partial charge is 0.243 e. The molecule has 2 saturated heterocycles. The Labute approximate surface area is 191 Å². The summed E-state index contributed by atoms with van der Waals surface area (Å²) in [5.41, 5.74) is 2.19. The zero-order valence-electron chi connectivity index (χ0n) is 18.6. The first-order chi connectivity index (χ1) is 15.4. The molecule has 2 aromatic rings. The molecule has 4 rings (SSSR count). The van der Waals surface area contributed by atoms with Crippen molar-refractivity contribution in [2.75, 3.05) is 39.3 Å². The van der Waals surface area contributed by atoms with Crippen LogP contribution < -0.4 is 0 Å². The Balaban J connectivity index is 1.34. The van der Waals surface area contributed by atoms with E-state index in [1.807, 2.05) is 30.0 Å². The van der Waals surface area contributed by atoms with Crippen molar-refractivity contribution >= 4 is 22.0 Å². The fourth-order valence-electron chi connectivity index (χ4n) is 4.38. The van der Waals surface area contributed by atoms with E-state index in [4.69, 9.17) is 0 Å². The van der Waals surface area contributed by atoms with Crippen molar-refractivity contribution < 1.29 is 13.2 Å². The minimum Gasteiger partial charge on any atom is -0.339 e. The molecule has 1 amide bonds. The van der Waals surface area contributed by atoms with Gasteiger partial charge >= 0.3 is 0 Å². The van der Waals surface area contributed by atoms with Gasteiger partial charge < -0.3 is 4.90 Å². The van der Waals surface area contributed by atoms with Crippen molar-refractivity contribution in [2.45, 2.75) is 30.7 Å². The molecule has 0 aromatic heterocycles. The molecule has 0 aliphatic carbocycles. The second kappa shape index (κ2) is 9.98. The highest BCUT2D eigenvalue weighted by molar-refractivity contribution is 7.89. The Hall–Kier alpha value is -2.48. The van der Waals surface area contributed by atoms with Crippen molar-refractivity contribution in [2.24, 2.45) is 0 Å². The number of carbonyl (C=O) groups is 1. The summed E-state index contributed by atoms with van der Waals surface area (Å²) in [6.07, 6.45) is 5.57. The third-order valence-electron chi connectivity index (χ3n) is 6.27. The number of aryl methyl sites for hydroxylation is 1. The van der Waals surface area contributed by atoms with Gasteiger partial charge in [0.25, 0.3) is 0 Å². The van der Waals surface area contributed by atoms with Crippen LogP contribution in [0.15, 0.2) is 65.6 Å². The van der Waals surface area contributed by atoms with E-state index < -0.39 is 16.1 Å². The van der Waals surface area contributed by atoms with Crippen LogP contribution in [0, 0.1) is 6.92 Å². The van der Waals surface area contributed by atoms with Crippen molar-refractivity contribution in [3.8, 4) is 0 Å². The van der Waals surface area contributed by atoms with Crippen molar-refractivity contribution in [3.05, 3.63) is 71.8 Å². The number of piperazine rings is 1. The highest BCUT2D eigenvalue weighted by atomic mass is 32.2. The Morgan fingerprint density at radius 3 is 2.34 bits per heavy atom. The molecular formula is C25H31N3O3S. The van der Waals surface area contributed by atoms with E-state index in [0.717, 1.165) is 25.2 Å². The summed E-state index contributed by atoms with van der Waals surface area (Å²) in [5.74, 6) is -0.0577. The Morgan fingerprint density at radius 2 is 1.66 bits per heavy atom. The average Bonchev–Trinajstić information content (AvgIpc) is 3.31. The largest absolute Gasteiger partial charge is 0.339 e. The lowest BCUT2D eigenvalue weighted by Crippen LogP contribution is -2.54. The molecule has 0 spiro atoms. The van der Waals surface area contributed by atoms with E-state index in [1.165, 1.54) is 9.87 Å². The van der Waals surface area contributed by atoms with Crippen LogP contribution >= 0.6 is 0 Å². The normalized spacial score (nSPS) is 20.8. The lowest BCUT2D eigenvalue weighted by Gasteiger charge is -2.36. The van der Waals surface area contributed by atoms with Crippen LogP contribution in [0.2, 0.25) is 0 Å². The van der Waals surface area contributed by atoms with Gasteiger partial charge in [-0.1, -0.05) is 60.2 Å². The van der Waals surface area contributed by atoms with Gasteiger partial charge in [-0.3, -0.25) is 9.69 Å². The molecule has 0 saturated carbocycles. The summed E-state index contributed by atoms with van der Waals surface area (Å²) >= 11 is 0.